The summed E-state index contributed by atoms with van der Waals surface area (Å²) in [4.78, 5) is 23.9. The van der Waals surface area contributed by atoms with Gasteiger partial charge < -0.3 is 13.9 Å². The standard InChI is InChI=1S/C20H24N2O5/c1-12(2)26-17-8-6-15(11-18(17)25-5)7-9-19(23)21-22-20(24)16-10-13(3)27-14(16)4/h6-12H,1-5H3,(H,21,23)(H,22,24)/b9-7+. The first-order chi connectivity index (χ1) is 12.8. The van der Waals surface area contributed by atoms with Gasteiger partial charge in [-0.15, -0.1) is 0 Å². The maximum absolute atomic E-state index is 12.0. The van der Waals surface area contributed by atoms with E-state index in [2.05, 4.69) is 10.9 Å². The normalized spacial score (nSPS) is 10.9. The lowest BCUT2D eigenvalue weighted by Crippen LogP contribution is -2.40. The molecule has 0 aliphatic carbocycles. The molecule has 0 saturated heterocycles. The first-order valence-electron chi connectivity index (χ1n) is 8.50. The zero-order valence-electron chi connectivity index (χ0n) is 16.1. The maximum Gasteiger partial charge on any atom is 0.273 e. The molecule has 7 nitrogen and oxygen atoms in total. The van der Waals surface area contributed by atoms with Gasteiger partial charge in [0.15, 0.2) is 11.5 Å². The molecule has 0 aliphatic rings. The lowest BCUT2D eigenvalue weighted by molar-refractivity contribution is -0.117. The van der Waals surface area contributed by atoms with Gasteiger partial charge in [-0.3, -0.25) is 20.4 Å². The van der Waals surface area contributed by atoms with Crippen molar-refractivity contribution in [3.63, 3.8) is 0 Å². The molecule has 0 saturated carbocycles. The van der Waals surface area contributed by atoms with Crippen molar-refractivity contribution in [1.82, 2.24) is 10.9 Å². The number of benzene rings is 1. The lowest BCUT2D eigenvalue weighted by Gasteiger charge is -2.13. The Morgan fingerprint density at radius 2 is 1.85 bits per heavy atom. The van der Waals surface area contributed by atoms with Crippen LogP contribution in [0.3, 0.4) is 0 Å². The molecule has 0 unspecified atom stereocenters. The van der Waals surface area contributed by atoms with E-state index in [1.165, 1.54) is 6.08 Å². The van der Waals surface area contributed by atoms with Crippen LogP contribution in [0.5, 0.6) is 11.5 Å². The molecule has 0 atom stereocenters. The summed E-state index contributed by atoms with van der Waals surface area (Å²) in [6.45, 7) is 7.29. The van der Waals surface area contributed by atoms with Crippen LogP contribution in [-0.2, 0) is 4.79 Å². The second-order valence-corrected chi connectivity index (χ2v) is 6.18. The third-order valence-electron chi connectivity index (χ3n) is 3.56. The number of hydrazine groups is 1. The van der Waals surface area contributed by atoms with Crippen molar-refractivity contribution in [2.75, 3.05) is 7.11 Å². The molecule has 0 spiro atoms. The van der Waals surface area contributed by atoms with Crippen LogP contribution in [0.25, 0.3) is 6.08 Å². The lowest BCUT2D eigenvalue weighted by atomic mass is 10.2. The average molecular weight is 372 g/mol. The maximum atomic E-state index is 12.0. The zero-order chi connectivity index (χ0) is 20.0. The molecule has 1 aromatic heterocycles. The Bertz CT molecular complexity index is 852. The molecule has 1 heterocycles. The Morgan fingerprint density at radius 3 is 2.44 bits per heavy atom. The van der Waals surface area contributed by atoms with Crippen molar-refractivity contribution < 1.29 is 23.5 Å². The summed E-state index contributed by atoms with van der Waals surface area (Å²) in [7, 11) is 1.55. The number of carbonyl (C=O) groups is 2. The number of ether oxygens (including phenoxy) is 2. The highest BCUT2D eigenvalue weighted by atomic mass is 16.5. The second kappa shape index (κ2) is 8.93. The summed E-state index contributed by atoms with van der Waals surface area (Å²) in [6, 6.07) is 6.96. The van der Waals surface area contributed by atoms with Gasteiger partial charge in [0.25, 0.3) is 11.8 Å². The van der Waals surface area contributed by atoms with Gasteiger partial charge >= 0.3 is 0 Å². The minimum absolute atomic E-state index is 0.0253. The summed E-state index contributed by atoms with van der Waals surface area (Å²) in [5.41, 5.74) is 5.81. The van der Waals surface area contributed by atoms with Gasteiger partial charge in [0.2, 0.25) is 0 Å². The number of hydrogen-bond donors (Lipinski definition) is 2. The van der Waals surface area contributed by atoms with Crippen molar-refractivity contribution in [3.05, 3.63) is 53.0 Å². The van der Waals surface area contributed by atoms with Crippen LogP contribution in [-0.4, -0.2) is 25.0 Å². The van der Waals surface area contributed by atoms with Gasteiger partial charge in [-0.25, -0.2) is 0 Å². The highest BCUT2D eigenvalue weighted by Crippen LogP contribution is 2.29. The zero-order valence-corrected chi connectivity index (χ0v) is 16.1. The second-order valence-electron chi connectivity index (χ2n) is 6.18. The third kappa shape index (κ3) is 5.64. The predicted molar refractivity (Wildman–Crippen MR) is 102 cm³/mol. The van der Waals surface area contributed by atoms with E-state index < -0.39 is 11.8 Å². The number of furan rings is 1. The van der Waals surface area contributed by atoms with Crippen LogP contribution in [0, 0.1) is 13.8 Å². The topological polar surface area (TPSA) is 89.8 Å². The van der Waals surface area contributed by atoms with Gasteiger partial charge in [-0.2, -0.15) is 0 Å². The van der Waals surface area contributed by atoms with Gasteiger partial charge in [0.05, 0.1) is 18.8 Å². The van der Waals surface area contributed by atoms with E-state index in [1.807, 2.05) is 13.8 Å². The summed E-state index contributed by atoms with van der Waals surface area (Å²) >= 11 is 0. The van der Waals surface area contributed by atoms with Crippen molar-refractivity contribution in [1.29, 1.82) is 0 Å². The van der Waals surface area contributed by atoms with E-state index >= 15 is 0 Å². The Kier molecular flexibility index (Phi) is 6.65. The van der Waals surface area contributed by atoms with Crippen molar-refractivity contribution in [3.8, 4) is 11.5 Å². The number of methoxy groups -OCH3 is 1. The molecular weight excluding hydrogens is 348 g/mol. The van der Waals surface area contributed by atoms with Crippen LogP contribution in [0.4, 0.5) is 0 Å². The molecule has 0 aliphatic heterocycles. The first kappa shape index (κ1) is 20.1. The molecule has 2 amide bonds. The fourth-order valence-corrected chi connectivity index (χ4v) is 2.39. The average Bonchev–Trinajstić information content (AvgIpc) is 2.96. The van der Waals surface area contributed by atoms with E-state index in [1.54, 1.807) is 51.3 Å². The van der Waals surface area contributed by atoms with E-state index in [9.17, 15) is 9.59 Å². The van der Waals surface area contributed by atoms with Gasteiger partial charge in [-0.1, -0.05) is 6.07 Å². The molecule has 0 radical (unpaired) electrons. The Hall–Kier alpha value is -3.22. The Balaban J connectivity index is 1.96. The molecule has 0 fully saturated rings. The molecule has 2 N–H and O–H groups in total. The summed E-state index contributed by atoms with van der Waals surface area (Å²) in [6.07, 6.45) is 2.94. The van der Waals surface area contributed by atoms with Crippen molar-refractivity contribution in [2.45, 2.75) is 33.8 Å². The van der Waals surface area contributed by atoms with E-state index in [0.717, 1.165) is 5.56 Å². The molecule has 27 heavy (non-hydrogen) atoms. The largest absolute Gasteiger partial charge is 0.493 e. The van der Waals surface area contributed by atoms with Gasteiger partial charge in [0, 0.05) is 6.08 Å². The molecule has 1 aromatic carbocycles. The molecular formula is C20H24N2O5. The number of nitrogens with one attached hydrogen (secondary N) is 2. The van der Waals surface area contributed by atoms with Crippen LogP contribution in [0.15, 0.2) is 34.8 Å². The SMILES string of the molecule is COc1cc(/C=C/C(=O)NNC(=O)c2cc(C)oc2C)ccc1OC(C)C. The Morgan fingerprint density at radius 1 is 1.11 bits per heavy atom. The van der Waals surface area contributed by atoms with Crippen LogP contribution in [0.1, 0.15) is 41.3 Å². The molecule has 2 rings (SSSR count). The smallest absolute Gasteiger partial charge is 0.273 e. The van der Waals surface area contributed by atoms with Crippen molar-refractivity contribution >= 4 is 17.9 Å². The molecule has 144 valence electrons. The fourth-order valence-electron chi connectivity index (χ4n) is 2.39. The highest BCUT2D eigenvalue weighted by Gasteiger charge is 2.13. The minimum atomic E-state index is -0.470. The number of amides is 2. The quantitative estimate of drug-likeness (QED) is 0.600. The van der Waals surface area contributed by atoms with E-state index in [-0.39, 0.29) is 6.10 Å². The predicted octanol–water partition coefficient (Wildman–Crippen LogP) is 3.17. The summed E-state index contributed by atoms with van der Waals surface area (Å²) in [5, 5.41) is 0. The number of rotatable bonds is 6. The number of carbonyl (C=O) groups excluding carboxylic acids is 2. The van der Waals surface area contributed by atoms with Gasteiger partial charge in [-0.05, 0) is 57.5 Å². The molecule has 7 heteroatoms. The third-order valence-corrected chi connectivity index (χ3v) is 3.56. The van der Waals surface area contributed by atoms with Crippen LogP contribution in [0.2, 0.25) is 0 Å². The summed E-state index contributed by atoms with van der Waals surface area (Å²) < 4.78 is 16.3. The minimum Gasteiger partial charge on any atom is -0.493 e. The van der Waals surface area contributed by atoms with Crippen molar-refractivity contribution in [2.24, 2.45) is 0 Å². The van der Waals surface area contributed by atoms with Gasteiger partial charge in [0.1, 0.15) is 11.5 Å². The van der Waals surface area contributed by atoms with Crippen LogP contribution >= 0.6 is 0 Å². The molecule has 0 bridgehead atoms. The number of hydrogen-bond acceptors (Lipinski definition) is 5. The van der Waals surface area contributed by atoms with E-state index in [0.29, 0.717) is 28.6 Å². The Labute approximate surface area is 158 Å². The summed E-state index contributed by atoms with van der Waals surface area (Å²) in [5.74, 6) is 1.41. The van der Waals surface area contributed by atoms with E-state index in [4.69, 9.17) is 13.9 Å². The van der Waals surface area contributed by atoms with Crippen LogP contribution < -0.4 is 20.3 Å². The monoisotopic (exact) mass is 372 g/mol. The number of aryl methyl sites for hydroxylation is 2. The molecule has 2 aromatic rings. The first-order valence-corrected chi connectivity index (χ1v) is 8.50. The highest BCUT2D eigenvalue weighted by molar-refractivity contribution is 5.98. The fraction of sp³-hybridized carbons (Fsp3) is 0.300.